The fraction of sp³-hybridized carbons (Fsp3) is 0.231. The molecule has 0 heterocycles. The lowest BCUT2D eigenvalue weighted by molar-refractivity contribution is -0.116. The Morgan fingerprint density at radius 2 is 1.64 bits per heavy atom. The van der Waals surface area contributed by atoms with Crippen molar-refractivity contribution < 1.29 is 18.0 Å². The van der Waals surface area contributed by atoms with Crippen LogP contribution in [0.3, 0.4) is 0 Å². The van der Waals surface area contributed by atoms with Crippen molar-refractivity contribution in [1.29, 1.82) is 0 Å². The number of hydrogen-bond donors (Lipinski definition) is 1. The minimum absolute atomic E-state index is 0.118. The van der Waals surface area contributed by atoms with E-state index in [9.17, 15) is 18.0 Å². The van der Waals surface area contributed by atoms with Crippen LogP contribution in [0.5, 0.6) is 0 Å². The molecule has 0 unspecified atom stereocenters. The van der Waals surface area contributed by atoms with E-state index in [1.54, 1.807) is 43.3 Å². The molecule has 0 aromatic heterocycles. The van der Waals surface area contributed by atoms with Gasteiger partial charge in [0.05, 0.1) is 11.4 Å². The summed E-state index contributed by atoms with van der Waals surface area (Å²) in [7, 11) is -3.91. The zero-order valence-corrected chi connectivity index (χ0v) is 19.9. The third-order valence-corrected chi connectivity index (χ3v) is 7.31. The molecule has 3 aromatic rings. The predicted octanol–water partition coefficient (Wildman–Crippen LogP) is 4.38. The third-order valence-electron chi connectivity index (χ3n) is 5.33. The second-order valence-corrected chi connectivity index (χ2v) is 9.93. The minimum Gasteiger partial charge on any atom is -0.325 e. The number of benzene rings is 3. The summed E-state index contributed by atoms with van der Waals surface area (Å²) in [6.45, 7) is 4.84. The average Bonchev–Trinajstić information content (AvgIpc) is 2.78. The van der Waals surface area contributed by atoms with Crippen LogP contribution in [-0.2, 0) is 21.2 Å². The molecular formula is C26H28N2O4S. The largest absolute Gasteiger partial charge is 0.325 e. The van der Waals surface area contributed by atoms with Gasteiger partial charge in [0.25, 0.3) is 0 Å². The van der Waals surface area contributed by atoms with Crippen LogP contribution in [0.2, 0.25) is 0 Å². The number of sulfonamides is 1. The zero-order valence-electron chi connectivity index (χ0n) is 19.0. The normalized spacial score (nSPS) is 11.4. The van der Waals surface area contributed by atoms with Crippen molar-refractivity contribution in [3.63, 3.8) is 0 Å². The first-order valence-corrected chi connectivity index (χ1v) is 12.1. The number of carbonyl (C=O) groups is 2. The van der Waals surface area contributed by atoms with Crippen molar-refractivity contribution in [2.75, 3.05) is 18.4 Å². The van der Waals surface area contributed by atoms with E-state index in [0.717, 1.165) is 11.1 Å². The Bertz CT molecular complexity index is 1250. The predicted molar refractivity (Wildman–Crippen MR) is 130 cm³/mol. The second-order valence-electron chi connectivity index (χ2n) is 8.03. The molecule has 0 atom stereocenters. The Morgan fingerprint density at radius 1 is 0.909 bits per heavy atom. The quantitative estimate of drug-likeness (QED) is 0.477. The first-order chi connectivity index (χ1) is 15.7. The first kappa shape index (κ1) is 24.4. The number of rotatable bonds is 9. The maximum Gasteiger partial charge on any atom is 0.243 e. The first-order valence-electron chi connectivity index (χ1n) is 10.7. The molecule has 0 fully saturated rings. The lowest BCUT2D eigenvalue weighted by Crippen LogP contribution is -2.39. The van der Waals surface area contributed by atoms with Crippen LogP contribution in [0.25, 0.3) is 0 Å². The molecule has 0 spiro atoms. The number of hydrogen-bond acceptors (Lipinski definition) is 4. The van der Waals surface area contributed by atoms with Crippen LogP contribution >= 0.6 is 0 Å². The number of anilines is 1. The number of ketones is 1. The minimum atomic E-state index is -3.91. The summed E-state index contributed by atoms with van der Waals surface area (Å²) in [6, 6.07) is 21.4. The van der Waals surface area contributed by atoms with E-state index >= 15 is 0 Å². The molecule has 6 nitrogen and oxygen atoms in total. The van der Waals surface area contributed by atoms with Gasteiger partial charge in [0, 0.05) is 17.8 Å². The molecule has 0 aliphatic rings. The smallest absolute Gasteiger partial charge is 0.243 e. The van der Waals surface area contributed by atoms with Gasteiger partial charge in [-0.15, -0.1) is 0 Å². The van der Waals surface area contributed by atoms with Gasteiger partial charge in [-0.2, -0.15) is 4.31 Å². The third kappa shape index (κ3) is 6.37. The average molecular weight is 465 g/mol. The van der Waals surface area contributed by atoms with E-state index < -0.39 is 15.9 Å². The Labute approximate surface area is 195 Å². The van der Waals surface area contributed by atoms with Gasteiger partial charge in [-0.3, -0.25) is 9.59 Å². The van der Waals surface area contributed by atoms with Crippen LogP contribution in [0.15, 0.2) is 77.7 Å². The molecule has 0 saturated carbocycles. The molecule has 1 N–H and O–H groups in total. The van der Waals surface area contributed by atoms with Crippen molar-refractivity contribution in [3.8, 4) is 0 Å². The highest BCUT2D eigenvalue weighted by Crippen LogP contribution is 2.22. The van der Waals surface area contributed by atoms with Crippen molar-refractivity contribution in [1.82, 2.24) is 4.31 Å². The van der Waals surface area contributed by atoms with Crippen LogP contribution in [-0.4, -0.2) is 37.5 Å². The van der Waals surface area contributed by atoms with Crippen molar-refractivity contribution in [3.05, 3.63) is 95.1 Å². The second kappa shape index (κ2) is 10.6. The van der Waals surface area contributed by atoms with Crippen molar-refractivity contribution in [2.24, 2.45) is 0 Å². The Balaban J connectivity index is 1.86. The van der Waals surface area contributed by atoms with Crippen LogP contribution in [0.1, 0.15) is 34.0 Å². The zero-order chi connectivity index (χ0) is 24.0. The van der Waals surface area contributed by atoms with E-state index in [1.165, 1.54) is 11.2 Å². The monoisotopic (exact) mass is 464 g/mol. The van der Waals surface area contributed by atoms with Gasteiger partial charge in [-0.25, -0.2) is 8.42 Å². The topological polar surface area (TPSA) is 83.6 Å². The molecule has 0 saturated heterocycles. The maximum atomic E-state index is 13.6. The van der Waals surface area contributed by atoms with Gasteiger partial charge in [0.2, 0.25) is 15.9 Å². The summed E-state index contributed by atoms with van der Waals surface area (Å²) >= 11 is 0. The van der Waals surface area contributed by atoms with Gasteiger partial charge in [-0.05, 0) is 62.1 Å². The molecule has 172 valence electrons. The van der Waals surface area contributed by atoms with Crippen molar-refractivity contribution in [2.45, 2.75) is 32.1 Å². The number of amides is 1. The van der Waals surface area contributed by atoms with E-state index in [4.69, 9.17) is 0 Å². The van der Waals surface area contributed by atoms with Gasteiger partial charge >= 0.3 is 0 Å². The van der Waals surface area contributed by atoms with Crippen LogP contribution in [0.4, 0.5) is 5.69 Å². The molecular weight excluding hydrogens is 436 g/mol. The van der Waals surface area contributed by atoms with Crippen molar-refractivity contribution >= 4 is 27.4 Å². The highest BCUT2D eigenvalue weighted by molar-refractivity contribution is 7.89. The molecule has 3 rings (SSSR count). The molecule has 0 aliphatic heterocycles. The van der Waals surface area contributed by atoms with Crippen LogP contribution in [0, 0.1) is 13.8 Å². The van der Waals surface area contributed by atoms with Gasteiger partial charge in [-0.1, -0.05) is 54.6 Å². The van der Waals surface area contributed by atoms with E-state index in [0.29, 0.717) is 23.2 Å². The van der Waals surface area contributed by atoms with Gasteiger partial charge in [0.1, 0.15) is 0 Å². The SMILES string of the molecule is CC(=O)c1cccc(NC(=O)CN(CCc2ccccc2)S(=O)(=O)c2cc(C)ccc2C)c1. The summed E-state index contributed by atoms with van der Waals surface area (Å²) < 4.78 is 28.3. The lowest BCUT2D eigenvalue weighted by atomic mass is 10.1. The van der Waals surface area contributed by atoms with E-state index in [1.807, 2.05) is 43.3 Å². The summed E-state index contributed by atoms with van der Waals surface area (Å²) in [5, 5.41) is 2.72. The van der Waals surface area contributed by atoms with E-state index in [2.05, 4.69) is 5.32 Å². The summed E-state index contributed by atoms with van der Waals surface area (Å²) in [6.07, 6.45) is 0.470. The number of aryl methyl sites for hydroxylation is 2. The molecule has 0 aliphatic carbocycles. The standard InChI is InChI=1S/C26H28N2O4S/c1-19-12-13-20(2)25(16-19)33(31,32)28(15-14-22-8-5-4-6-9-22)18-26(30)27-24-11-7-10-23(17-24)21(3)29/h4-13,16-17H,14-15,18H2,1-3H3,(H,27,30). The summed E-state index contributed by atoms with van der Waals surface area (Å²) in [5.74, 6) is -0.592. The van der Waals surface area contributed by atoms with Crippen LogP contribution < -0.4 is 5.32 Å². The van der Waals surface area contributed by atoms with Gasteiger partial charge in [0.15, 0.2) is 5.78 Å². The highest BCUT2D eigenvalue weighted by Gasteiger charge is 2.28. The number of carbonyl (C=O) groups excluding carboxylic acids is 2. The summed E-state index contributed by atoms with van der Waals surface area (Å²) in [5.41, 5.74) is 3.34. The molecule has 0 bridgehead atoms. The highest BCUT2D eigenvalue weighted by atomic mass is 32.2. The lowest BCUT2D eigenvalue weighted by Gasteiger charge is -2.23. The Kier molecular flexibility index (Phi) is 7.79. The molecule has 1 amide bonds. The summed E-state index contributed by atoms with van der Waals surface area (Å²) in [4.78, 5) is 24.7. The maximum absolute atomic E-state index is 13.6. The Hall–Kier alpha value is -3.29. The number of Topliss-reactive ketones (excluding diaryl/α,β-unsaturated/α-hetero) is 1. The molecule has 33 heavy (non-hydrogen) atoms. The fourth-order valence-corrected chi connectivity index (χ4v) is 5.19. The fourth-order valence-electron chi connectivity index (χ4n) is 3.48. The molecule has 7 heteroatoms. The van der Waals surface area contributed by atoms with E-state index in [-0.39, 0.29) is 23.8 Å². The van der Waals surface area contributed by atoms with Gasteiger partial charge < -0.3 is 5.32 Å². The number of nitrogens with one attached hydrogen (secondary N) is 1. The molecule has 0 radical (unpaired) electrons. The Morgan fingerprint density at radius 3 is 2.33 bits per heavy atom. The molecule has 3 aromatic carbocycles. The number of nitrogens with zero attached hydrogens (tertiary/aromatic N) is 1.